The van der Waals surface area contributed by atoms with Gasteiger partial charge in [0.15, 0.2) is 6.39 Å². The molecule has 0 unspecified atom stereocenters. The summed E-state index contributed by atoms with van der Waals surface area (Å²) in [4.78, 5) is 16.4. The second-order valence-corrected chi connectivity index (χ2v) is 5.34. The molecule has 112 valence electrons. The molecule has 1 aromatic carbocycles. The maximum atomic E-state index is 12.3. The molecular weight excluding hydrogens is 268 g/mol. The molecule has 2 rings (SSSR count). The molecule has 1 amide bonds. The fourth-order valence-electron chi connectivity index (χ4n) is 1.94. The number of hydrogen-bond donors (Lipinski definition) is 1. The van der Waals surface area contributed by atoms with Crippen molar-refractivity contribution >= 4 is 11.6 Å². The average molecular weight is 288 g/mol. The Morgan fingerprint density at radius 1 is 1.24 bits per heavy atom. The molecule has 0 aliphatic heterocycles. The Hall–Kier alpha value is -2.30. The number of ether oxygens (including phenoxy) is 1. The van der Waals surface area contributed by atoms with Crippen molar-refractivity contribution in [3.05, 3.63) is 42.1 Å². The molecule has 0 radical (unpaired) electrons. The Kier molecular flexibility index (Phi) is 4.62. The van der Waals surface area contributed by atoms with Crippen molar-refractivity contribution in [2.75, 3.05) is 5.32 Å². The van der Waals surface area contributed by atoms with E-state index in [4.69, 9.17) is 9.15 Å². The van der Waals surface area contributed by atoms with Crippen LogP contribution < -0.4 is 10.1 Å². The predicted octanol–water partition coefficient (Wildman–Crippen LogP) is 3.84. The third-order valence-electron chi connectivity index (χ3n) is 2.85. The van der Waals surface area contributed by atoms with Crippen LogP contribution in [0.5, 0.6) is 5.75 Å². The highest BCUT2D eigenvalue weighted by atomic mass is 16.5. The van der Waals surface area contributed by atoms with Crippen LogP contribution in [-0.2, 0) is 0 Å². The summed E-state index contributed by atoms with van der Waals surface area (Å²) in [6.45, 7) is 7.80. The summed E-state index contributed by atoms with van der Waals surface area (Å²) in [7, 11) is 0. The number of carbonyl (C=O) groups is 1. The number of oxazole rings is 1. The second-order valence-electron chi connectivity index (χ2n) is 5.34. The standard InChI is InChI=1S/C16H20N2O3/c1-10(2)14-15(20-9-17-14)16(19)18-12-7-5-6-8-13(12)21-11(3)4/h5-11H,1-4H3,(H,18,19). The first-order chi connectivity index (χ1) is 9.99. The minimum absolute atomic E-state index is 0.0274. The number of amides is 1. The molecule has 0 fully saturated rings. The molecule has 1 aromatic heterocycles. The lowest BCUT2D eigenvalue weighted by Gasteiger charge is -2.14. The first-order valence-electron chi connectivity index (χ1n) is 6.99. The SMILES string of the molecule is CC(C)Oc1ccccc1NC(=O)c1ocnc1C(C)C. The number of aromatic nitrogens is 1. The Morgan fingerprint density at radius 2 is 1.95 bits per heavy atom. The van der Waals surface area contributed by atoms with Gasteiger partial charge in [-0.1, -0.05) is 26.0 Å². The van der Waals surface area contributed by atoms with Crippen LogP contribution >= 0.6 is 0 Å². The summed E-state index contributed by atoms with van der Waals surface area (Å²) in [6.07, 6.45) is 1.32. The number of anilines is 1. The van der Waals surface area contributed by atoms with Crippen LogP contribution in [0.4, 0.5) is 5.69 Å². The van der Waals surface area contributed by atoms with Gasteiger partial charge in [-0.25, -0.2) is 4.98 Å². The van der Waals surface area contributed by atoms with E-state index in [1.54, 1.807) is 6.07 Å². The lowest BCUT2D eigenvalue weighted by molar-refractivity contribution is 0.0994. The van der Waals surface area contributed by atoms with Gasteiger partial charge in [0, 0.05) is 0 Å². The smallest absolute Gasteiger partial charge is 0.293 e. The van der Waals surface area contributed by atoms with Gasteiger partial charge in [0.1, 0.15) is 5.75 Å². The minimum atomic E-state index is -0.323. The molecule has 0 aliphatic rings. The fraction of sp³-hybridized carbons (Fsp3) is 0.375. The van der Waals surface area contributed by atoms with Crippen LogP contribution in [0.3, 0.4) is 0 Å². The monoisotopic (exact) mass is 288 g/mol. The quantitative estimate of drug-likeness (QED) is 0.908. The van der Waals surface area contributed by atoms with E-state index in [0.717, 1.165) is 0 Å². The molecular formula is C16H20N2O3. The van der Waals surface area contributed by atoms with Crippen molar-refractivity contribution in [3.8, 4) is 5.75 Å². The molecule has 0 atom stereocenters. The molecule has 0 saturated heterocycles. The van der Waals surface area contributed by atoms with Crippen LogP contribution in [0.15, 0.2) is 35.1 Å². The van der Waals surface area contributed by atoms with E-state index in [1.165, 1.54) is 6.39 Å². The van der Waals surface area contributed by atoms with Crippen molar-refractivity contribution < 1.29 is 13.9 Å². The van der Waals surface area contributed by atoms with Crippen molar-refractivity contribution in [2.45, 2.75) is 39.7 Å². The average Bonchev–Trinajstić information content (AvgIpc) is 2.90. The summed E-state index contributed by atoms with van der Waals surface area (Å²) in [5.41, 5.74) is 1.26. The van der Waals surface area contributed by atoms with Crippen molar-refractivity contribution in [1.29, 1.82) is 0 Å². The lowest BCUT2D eigenvalue weighted by atomic mass is 10.1. The lowest BCUT2D eigenvalue weighted by Crippen LogP contribution is -2.15. The second kappa shape index (κ2) is 6.43. The van der Waals surface area contributed by atoms with E-state index < -0.39 is 0 Å². The summed E-state index contributed by atoms with van der Waals surface area (Å²) < 4.78 is 10.9. The molecule has 0 saturated carbocycles. The Labute approximate surface area is 124 Å². The number of nitrogens with one attached hydrogen (secondary N) is 1. The van der Waals surface area contributed by atoms with Gasteiger partial charge in [0.25, 0.3) is 5.91 Å². The van der Waals surface area contributed by atoms with Gasteiger partial charge in [0.05, 0.1) is 17.5 Å². The maximum Gasteiger partial charge on any atom is 0.293 e. The Bertz CT molecular complexity index is 617. The van der Waals surface area contributed by atoms with Crippen LogP contribution in [0.2, 0.25) is 0 Å². The highest BCUT2D eigenvalue weighted by molar-refractivity contribution is 6.03. The Balaban J connectivity index is 2.22. The number of rotatable bonds is 5. The molecule has 0 spiro atoms. The highest BCUT2D eigenvalue weighted by Gasteiger charge is 2.20. The molecule has 21 heavy (non-hydrogen) atoms. The molecule has 1 heterocycles. The number of para-hydroxylation sites is 2. The summed E-state index contributed by atoms with van der Waals surface area (Å²) in [5, 5.41) is 2.82. The van der Waals surface area contributed by atoms with Crippen molar-refractivity contribution in [3.63, 3.8) is 0 Å². The van der Waals surface area contributed by atoms with E-state index in [2.05, 4.69) is 10.3 Å². The fourth-order valence-corrected chi connectivity index (χ4v) is 1.94. The third kappa shape index (κ3) is 3.62. The van der Waals surface area contributed by atoms with Gasteiger partial charge in [-0.05, 0) is 31.9 Å². The van der Waals surface area contributed by atoms with E-state index in [0.29, 0.717) is 17.1 Å². The van der Waals surface area contributed by atoms with Crippen LogP contribution in [0.25, 0.3) is 0 Å². The topological polar surface area (TPSA) is 64.4 Å². The molecule has 0 aliphatic carbocycles. The summed E-state index contributed by atoms with van der Waals surface area (Å²) >= 11 is 0. The number of carbonyl (C=O) groups excluding carboxylic acids is 1. The molecule has 2 aromatic rings. The maximum absolute atomic E-state index is 12.3. The van der Waals surface area contributed by atoms with E-state index in [1.807, 2.05) is 45.9 Å². The van der Waals surface area contributed by atoms with Gasteiger partial charge < -0.3 is 14.5 Å². The first-order valence-corrected chi connectivity index (χ1v) is 6.99. The summed E-state index contributed by atoms with van der Waals surface area (Å²) in [6, 6.07) is 7.31. The number of benzene rings is 1. The van der Waals surface area contributed by atoms with Crippen molar-refractivity contribution in [1.82, 2.24) is 4.98 Å². The first kappa shape index (κ1) is 15.1. The van der Waals surface area contributed by atoms with Gasteiger partial charge in [-0.15, -0.1) is 0 Å². The van der Waals surface area contributed by atoms with Gasteiger partial charge >= 0.3 is 0 Å². The van der Waals surface area contributed by atoms with Crippen LogP contribution in [0.1, 0.15) is 49.9 Å². The largest absolute Gasteiger partial charge is 0.489 e. The minimum Gasteiger partial charge on any atom is -0.489 e. The van der Waals surface area contributed by atoms with E-state index in [9.17, 15) is 4.79 Å². The number of hydrogen-bond acceptors (Lipinski definition) is 4. The molecule has 0 bridgehead atoms. The third-order valence-corrected chi connectivity index (χ3v) is 2.85. The molecule has 5 nitrogen and oxygen atoms in total. The van der Waals surface area contributed by atoms with Gasteiger partial charge in [-0.2, -0.15) is 0 Å². The van der Waals surface area contributed by atoms with E-state index in [-0.39, 0.29) is 23.7 Å². The van der Waals surface area contributed by atoms with Gasteiger partial charge in [-0.3, -0.25) is 4.79 Å². The summed E-state index contributed by atoms with van der Waals surface area (Å²) in [5.74, 6) is 0.665. The number of nitrogens with zero attached hydrogens (tertiary/aromatic N) is 1. The predicted molar refractivity (Wildman–Crippen MR) is 80.8 cm³/mol. The normalized spacial score (nSPS) is 11.0. The van der Waals surface area contributed by atoms with Crippen LogP contribution in [-0.4, -0.2) is 17.0 Å². The zero-order valence-electron chi connectivity index (χ0n) is 12.7. The van der Waals surface area contributed by atoms with Gasteiger partial charge in [0.2, 0.25) is 5.76 Å². The molecule has 1 N–H and O–H groups in total. The van der Waals surface area contributed by atoms with E-state index >= 15 is 0 Å². The Morgan fingerprint density at radius 3 is 2.62 bits per heavy atom. The van der Waals surface area contributed by atoms with Crippen molar-refractivity contribution in [2.24, 2.45) is 0 Å². The molecule has 5 heteroatoms. The highest BCUT2D eigenvalue weighted by Crippen LogP contribution is 2.26. The zero-order valence-corrected chi connectivity index (χ0v) is 12.7. The van der Waals surface area contributed by atoms with Crippen LogP contribution in [0, 0.1) is 0 Å². The zero-order chi connectivity index (χ0) is 15.4.